The van der Waals surface area contributed by atoms with Gasteiger partial charge in [0.1, 0.15) is 22.6 Å². The second kappa shape index (κ2) is 7.71. The zero-order chi connectivity index (χ0) is 18.6. The summed E-state index contributed by atoms with van der Waals surface area (Å²) in [4.78, 5) is 11.8. The third kappa shape index (κ3) is 4.61. The number of nitrogens with one attached hydrogen (secondary N) is 2. The van der Waals surface area contributed by atoms with Gasteiger partial charge in [-0.25, -0.2) is 17.2 Å². The Labute approximate surface area is 145 Å². The first kappa shape index (κ1) is 19.0. The standard InChI is InChI=1S/C17H18F2N2O3S/c1-11(2)16(17(22)20-14-9-5-3-7-12(14)18)21-25(23,24)15-10-6-4-8-13(15)19/h3-11,16,21H,1-2H3,(H,20,22)/t16-/m0/s1. The third-order valence-corrected chi connectivity index (χ3v) is 4.96. The maximum atomic E-state index is 13.8. The predicted octanol–water partition coefficient (Wildman–Crippen LogP) is 2.91. The second-order valence-electron chi connectivity index (χ2n) is 5.74. The molecule has 5 nitrogen and oxygen atoms in total. The molecule has 0 bridgehead atoms. The summed E-state index contributed by atoms with van der Waals surface area (Å²) in [6.07, 6.45) is 0. The molecule has 1 atom stereocenters. The molecule has 0 saturated carbocycles. The van der Waals surface area contributed by atoms with E-state index in [2.05, 4.69) is 10.0 Å². The van der Waals surface area contributed by atoms with Crippen LogP contribution in [0.1, 0.15) is 13.8 Å². The molecule has 0 saturated heterocycles. The number of hydrogen-bond donors (Lipinski definition) is 2. The topological polar surface area (TPSA) is 75.3 Å². The van der Waals surface area contributed by atoms with Crippen LogP contribution in [-0.4, -0.2) is 20.4 Å². The number of carbonyl (C=O) groups excluding carboxylic acids is 1. The first-order valence-electron chi connectivity index (χ1n) is 7.54. The number of amides is 1. The Morgan fingerprint density at radius 3 is 2.08 bits per heavy atom. The number of carbonyl (C=O) groups is 1. The van der Waals surface area contributed by atoms with Crippen LogP contribution in [0.4, 0.5) is 14.5 Å². The Kier molecular flexibility index (Phi) is 5.86. The summed E-state index contributed by atoms with van der Waals surface area (Å²) in [5.74, 6) is -2.75. The van der Waals surface area contributed by atoms with Gasteiger partial charge in [-0.15, -0.1) is 0 Å². The molecule has 0 aliphatic rings. The molecule has 134 valence electrons. The van der Waals surface area contributed by atoms with E-state index in [1.807, 2.05) is 0 Å². The van der Waals surface area contributed by atoms with Crippen LogP contribution in [0.25, 0.3) is 0 Å². The molecule has 2 rings (SSSR count). The van der Waals surface area contributed by atoms with E-state index < -0.39 is 44.4 Å². The SMILES string of the molecule is CC(C)[C@H](NS(=O)(=O)c1ccccc1F)C(=O)Nc1ccccc1F. The Hall–Kier alpha value is -2.32. The number of para-hydroxylation sites is 1. The lowest BCUT2D eigenvalue weighted by atomic mass is 10.0. The zero-order valence-corrected chi connectivity index (χ0v) is 14.5. The third-order valence-electron chi connectivity index (χ3n) is 3.49. The van der Waals surface area contributed by atoms with Crippen molar-refractivity contribution in [2.45, 2.75) is 24.8 Å². The van der Waals surface area contributed by atoms with Crippen LogP contribution in [0, 0.1) is 17.6 Å². The molecule has 0 fully saturated rings. The van der Waals surface area contributed by atoms with E-state index in [1.165, 1.54) is 36.4 Å². The van der Waals surface area contributed by atoms with E-state index in [-0.39, 0.29) is 5.69 Å². The molecule has 0 unspecified atom stereocenters. The molecule has 0 heterocycles. The van der Waals surface area contributed by atoms with Crippen LogP contribution >= 0.6 is 0 Å². The van der Waals surface area contributed by atoms with Gasteiger partial charge in [0.15, 0.2) is 0 Å². The highest BCUT2D eigenvalue weighted by Crippen LogP contribution is 2.17. The van der Waals surface area contributed by atoms with Crippen molar-refractivity contribution in [1.82, 2.24) is 4.72 Å². The molecule has 0 aromatic heterocycles. The fourth-order valence-electron chi connectivity index (χ4n) is 2.16. The minimum Gasteiger partial charge on any atom is -0.322 e. The summed E-state index contributed by atoms with van der Waals surface area (Å²) in [5, 5.41) is 2.35. The summed E-state index contributed by atoms with van der Waals surface area (Å²) >= 11 is 0. The summed E-state index contributed by atoms with van der Waals surface area (Å²) in [6.45, 7) is 3.24. The van der Waals surface area contributed by atoms with Crippen LogP contribution < -0.4 is 10.0 Å². The van der Waals surface area contributed by atoms with Gasteiger partial charge in [-0.3, -0.25) is 4.79 Å². The van der Waals surface area contributed by atoms with Crippen molar-refractivity contribution < 1.29 is 22.0 Å². The molecule has 0 radical (unpaired) electrons. The number of halogens is 2. The molecular formula is C17H18F2N2O3S. The van der Waals surface area contributed by atoms with Gasteiger partial charge in [0.25, 0.3) is 0 Å². The van der Waals surface area contributed by atoms with Crippen molar-refractivity contribution in [3.05, 3.63) is 60.2 Å². The lowest BCUT2D eigenvalue weighted by Gasteiger charge is -2.22. The first-order valence-corrected chi connectivity index (χ1v) is 9.03. The molecule has 2 aromatic carbocycles. The number of sulfonamides is 1. The van der Waals surface area contributed by atoms with E-state index in [1.54, 1.807) is 13.8 Å². The van der Waals surface area contributed by atoms with Gasteiger partial charge in [-0.05, 0) is 30.2 Å². The zero-order valence-electron chi connectivity index (χ0n) is 13.7. The predicted molar refractivity (Wildman–Crippen MR) is 90.4 cm³/mol. The van der Waals surface area contributed by atoms with Gasteiger partial charge in [0.2, 0.25) is 15.9 Å². The van der Waals surface area contributed by atoms with Gasteiger partial charge in [0.05, 0.1) is 5.69 Å². The summed E-state index contributed by atoms with van der Waals surface area (Å²) in [7, 11) is -4.26. The van der Waals surface area contributed by atoms with Crippen LogP contribution in [-0.2, 0) is 14.8 Å². The maximum absolute atomic E-state index is 13.8. The Balaban J connectivity index is 2.25. The average molecular weight is 368 g/mol. The molecule has 2 N–H and O–H groups in total. The van der Waals surface area contributed by atoms with Crippen molar-refractivity contribution in [2.75, 3.05) is 5.32 Å². The van der Waals surface area contributed by atoms with E-state index in [9.17, 15) is 22.0 Å². The Bertz CT molecular complexity index is 870. The molecule has 0 spiro atoms. The van der Waals surface area contributed by atoms with E-state index in [0.29, 0.717) is 0 Å². The van der Waals surface area contributed by atoms with E-state index >= 15 is 0 Å². The van der Waals surface area contributed by atoms with Crippen LogP contribution in [0.2, 0.25) is 0 Å². The first-order chi connectivity index (χ1) is 11.7. The average Bonchev–Trinajstić information content (AvgIpc) is 2.54. The quantitative estimate of drug-likeness (QED) is 0.823. The Morgan fingerprint density at radius 2 is 1.52 bits per heavy atom. The molecule has 25 heavy (non-hydrogen) atoms. The number of anilines is 1. The van der Waals surface area contributed by atoms with Gasteiger partial charge in [-0.1, -0.05) is 38.1 Å². The molecule has 0 aliphatic carbocycles. The maximum Gasteiger partial charge on any atom is 0.244 e. The lowest BCUT2D eigenvalue weighted by molar-refractivity contribution is -0.118. The van der Waals surface area contributed by atoms with Gasteiger partial charge in [-0.2, -0.15) is 4.72 Å². The highest BCUT2D eigenvalue weighted by atomic mass is 32.2. The number of rotatable bonds is 6. The van der Waals surface area contributed by atoms with Crippen molar-refractivity contribution >= 4 is 21.6 Å². The summed E-state index contributed by atoms with van der Waals surface area (Å²) in [6, 6.07) is 9.17. The van der Waals surface area contributed by atoms with Crippen molar-refractivity contribution in [3.63, 3.8) is 0 Å². The normalized spacial score (nSPS) is 12.8. The van der Waals surface area contributed by atoms with Gasteiger partial charge >= 0.3 is 0 Å². The molecule has 2 aromatic rings. The van der Waals surface area contributed by atoms with Crippen LogP contribution in [0.5, 0.6) is 0 Å². The van der Waals surface area contributed by atoms with Crippen molar-refractivity contribution in [2.24, 2.45) is 5.92 Å². The highest BCUT2D eigenvalue weighted by molar-refractivity contribution is 7.89. The second-order valence-corrected chi connectivity index (χ2v) is 7.42. The summed E-state index contributed by atoms with van der Waals surface area (Å²) < 4.78 is 54.4. The molecule has 0 aliphatic heterocycles. The van der Waals surface area contributed by atoms with Crippen LogP contribution in [0.3, 0.4) is 0 Å². The Morgan fingerprint density at radius 1 is 0.960 bits per heavy atom. The fourth-order valence-corrected chi connectivity index (χ4v) is 3.58. The largest absolute Gasteiger partial charge is 0.322 e. The van der Waals surface area contributed by atoms with Gasteiger partial charge in [0, 0.05) is 0 Å². The lowest BCUT2D eigenvalue weighted by Crippen LogP contribution is -2.47. The fraction of sp³-hybridized carbons (Fsp3) is 0.235. The van der Waals surface area contributed by atoms with Crippen LogP contribution in [0.15, 0.2) is 53.4 Å². The molecule has 8 heteroatoms. The molecule has 1 amide bonds. The highest BCUT2D eigenvalue weighted by Gasteiger charge is 2.30. The minimum absolute atomic E-state index is 0.0664. The summed E-state index contributed by atoms with van der Waals surface area (Å²) in [5.41, 5.74) is -0.0664. The smallest absolute Gasteiger partial charge is 0.244 e. The molecular weight excluding hydrogens is 350 g/mol. The van der Waals surface area contributed by atoms with Crippen molar-refractivity contribution in [1.29, 1.82) is 0 Å². The minimum atomic E-state index is -4.26. The van der Waals surface area contributed by atoms with E-state index in [0.717, 1.165) is 12.1 Å². The van der Waals surface area contributed by atoms with Crippen molar-refractivity contribution in [3.8, 4) is 0 Å². The number of benzene rings is 2. The number of hydrogen-bond acceptors (Lipinski definition) is 3. The monoisotopic (exact) mass is 368 g/mol. The van der Waals surface area contributed by atoms with Gasteiger partial charge < -0.3 is 5.32 Å². The van der Waals surface area contributed by atoms with E-state index in [4.69, 9.17) is 0 Å².